The molecule has 1 aromatic rings. The molecule has 0 heterocycles. The molecule has 8 heteroatoms. The number of ether oxygens (including phenoxy) is 1. The van der Waals surface area contributed by atoms with Crippen LogP contribution in [0.4, 0.5) is 11.4 Å². The highest BCUT2D eigenvalue weighted by atomic mass is 16.6. The molecular formula is C15H21N3O5. The van der Waals surface area contributed by atoms with E-state index in [0.29, 0.717) is 5.69 Å². The first-order chi connectivity index (χ1) is 10.9. The number of nitrogens with zero attached hydrogens (tertiary/aromatic N) is 1. The Kier molecular flexibility index (Phi) is 6.98. The Labute approximate surface area is 134 Å². The number of hydrogen-bond donors (Lipinski definition) is 2. The summed E-state index contributed by atoms with van der Waals surface area (Å²) in [4.78, 5) is 33.9. The molecule has 0 bridgehead atoms. The molecule has 0 aromatic heterocycles. The number of benzene rings is 1. The minimum atomic E-state index is -0.795. The molecule has 1 rings (SSSR count). The third-order valence-electron chi connectivity index (χ3n) is 3.17. The van der Waals surface area contributed by atoms with Gasteiger partial charge in [-0.25, -0.2) is 4.79 Å². The van der Waals surface area contributed by atoms with Gasteiger partial charge in [0.1, 0.15) is 0 Å². The summed E-state index contributed by atoms with van der Waals surface area (Å²) < 4.78 is 4.93. The fourth-order valence-electron chi connectivity index (χ4n) is 2.06. The van der Waals surface area contributed by atoms with Crippen molar-refractivity contribution in [3.8, 4) is 0 Å². The standard InChI is InChI=1S/C15H21N3O5/c1-4-5-10(2)17-14(19)9-23-15(20)12-8-11(18(21)22)6-7-13(12)16-3/h6-8,10,16H,4-5,9H2,1-3H3,(H,17,19). The quantitative estimate of drug-likeness (QED) is 0.430. The largest absolute Gasteiger partial charge is 0.452 e. The number of anilines is 1. The smallest absolute Gasteiger partial charge is 0.341 e. The number of non-ortho nitro benzene ring substituents is 1. The van der Waals surface area contributed by atoms with Gasteiger partial charge in [-0.15, -0.1) is 0 Å². The molecule has 1 aromatic carbocycles. The Morgan fingerprint density at radius 1 is 1.39 bits per heavy atom. The van der Waals surface area contributed by atoms with E-state index >= 15 is 0 Å². The van der Waals surface area contributed by atoms with Gasteiger partial charge < -0.3 is 15.4 Å². The number of rotatable bonds is 8. The fourth-order valence-corrected chi connectivity index (χ4v) is 2.06. The maximum Gasteiger partial charge on any atom is 0.341 e. The number of carbonyl (C=O) groups excluding carboxylic acids is 2. The van der Waals surface area contributed by atoms with Crippen molar-refractivity contribution in [2.45, 2.75) is 32.7 Å². The van der Waals surface area contributed by atoms with Gasteiger partial charge in [0.05, 0.1) is 10.5 Å². The summed E-state index contributed by atoms with van der Waals surface area (Å²) in [5.41, 5.74) is 0.174. The lowest BCUT2D eigenvalue weighted by molar-refractivity contribution is -0.384. The van der Waals surface area contributed by atoms with Gasteiger partial charge in [0, 0.05) is 30.9 Å². The molecule has 0 aliphatic rings. The van der Waals surface area contributed by atoms with E-state index in [-0.39, 0.29) is 17.3 Å². The van der Waals surface area contributed by atoms with Crippen molar-refractivity contribution in [3.05, 3.63) is 33.9 Å². The summed E-state index contributed by atoms with van der Waals surface area (Å²) in [6, 6.07) is 3.81. The van der Waals surface area contributed by atoms with E-state index in [1.807, 2.05) is 13.8 Å². The van der Waals surface area contributed by atoms with E-state index in [4.69, 9.17) is 4.74 Å². The Bertz CT molecular complexity index is 588. The molecule has 0 aliphatic carbocycles. The molecule has 1 amide bonds. The molecular weight excluding hydrogens is 302 g/mol. The van der Waals surface area contributed by atoms with Crippen LogP contribution in [0, 0.1) is 10.1 Å². The van der Waals surface area contributed by atoms with Crippen LogP contribution in [-0.4, -0.2) is 36.5 Å². The van der Waals surface area contributed by atoms with Gasteiger partial charge in [0.25, 0.3) is 11.6 Å². The zero-order valence-corrected chi connectivity index (χ0v) is 13.4. The van der Waals surface area contributed by atoms with Crippen molar-refractivity contribution in [1.82, 2.24) is 5.32 Å². The zero-order chi connectivity index (χ0) is 17.4. The lowest BCUT2D eigenvalue weighted by atomic mass is 10.1. The highest BCUT2D eigenvalue weighted by molar-refractivity contribution is 5.97. The van der Waals surface area contributed by atoms with Crippen LogP contribution in [0.1, 0.15) is 37.0 Å². The summed E-state index contributed by atoms with van der Waals surface area (Å²) in [6.45, 7) is 3.44. The highest BCUT2D eigenvalue weighted by Crippen LogP contribution is 2.22. The van der Waals surface area contributed by atoms with Crippen LogP contribution >= 0.6 is 0 Å². The van der Waals surface area contributed by atoms with E-state index in [9.17, 15) is 19.7 Å². The second-order valence-electron chi connectivity index (χ2n) is 5.07. The van der Waals surface area contributed by atoms with Crippen LogP contribution in [-0.2, 0) is 9.53 Å². The van der Waals surface area contributed by atoms with Crippen LogP contribution < -0.4 is 10.6 Å². The minimum absolute atomic E-state index is 0.00289. The summed E-state index contributed by atoms with van der Waals surface area (Å²) in [5, 5.41) is 16.3. The monoisotopic (exact) mass is 323 g/mol. The topological polar surface area (TPSA) is 111 Å². The number of amides is 1. The van der Waals surface area contributed by atoms with Gasteiger partial charge in [-0.2, -0.15) is 0 Å². The maximum absolute atomic E-state index is 12.1. The summed E-state index contributed by atoms with van der Waals surface area (Å²) in [6.07, 6.45) is 1.76. The number of hydrogen-bond acceptors (Lipinski definition) is 6. The van der Waals surface area contributed by atoms with E-state index < -0.39 is 23.4 Å². The summed E-state index contributed by atoms with van der Waals surface area (Å²) in [7, 11) is 1.58. The zero-order valence-electron chi connectivity index (χ0n) is 13.4. The first kappa shape index (κ1) is 18.4. The SMILES string of the molecule is CCCC(C)NC(=O)COC(=O)c1cc([N+](=O)[O-])ccc1NC. The van der Waals surface area contributed by atoms with Gasteiger partial charge in [0.15, 0.2) is 6.61 Å². The number of esters is 1. The van der Waals surface area contributed by atoms with E-state index in [1.54, 1.807) is 7.05 Å². The third kappa shape index (κ3) is 5.57. The van der Waals surface area contributed by atoms with Crippen molar-refractivity contribution in [1.29, 1.82) is 0 Å². The molecule has 0 radical (unpaired) electrons. The Balaban J connectivity index is 2.72. The first-order valence-corrected chi connectivity index (χ1v) is 7.31. The summed E-state index contributed by atoms with van der Waals surface area (Å²) >= 11 is 0. The average molecular weight is 323 g/mol. The summed E-state index contributed by atoms with van der Waals surface area (Å²) in [5.74, 6) is -1.20. The molecule has 0 aliphatic heterocycles. The van der Waals surface area contributed by atoms with Crippen LogP contribution in [0.15, 0.2) is 18.2 Å². The Morgan fingerprint density at radius 2 is 2.09 bits per heavy atom. The van der Waals surface area contributed by atoms with Crippen LogP contribution in [0.3, 0.4) is 0 Å². The molecule has 0 spiro atoms. The molecule has 8 nitrogen and oxygen atoms in total. The van der Waals surface area contributed by atoms with Crippen molar-refractivity contribution in [2.75, 3.05) is 19.0 Å². The van der Waals surface area contributed by atoms with Crippen LogP contribution in [0.2, 0.25) is 0 Å². The van der Waals surface area contributed by atoms with E-state index in [1.165, 1.54) is 12.1 Å². The Morgan fingerprint density at radius 3 is 2.65 bits per heavy atom. The Hall–Kier alpha value is -2.64. The molecule has 2 N–H and O–H groups in total. The molecule has 0 saturated carbocycles. The highest BCUT2D eigenvalue weighted by Gasteiger charge is 2.18. The second kappa shape index (κ2) is 8.72. The van der Waals surface area contributed by atoms with Crippen molar-refractivity contribution in [2.24, 2.45) is 0 Å². The number of carbonyl (C=O) groups is 2. The molecule has 1 unspecified atom stereocenters. The van der Waals surface area contributed by atoms with Crippen molar-refractivity contribution >= 4 is 23.3 Å². The first-order valence-electron chi connectivity index (χ1n) is 7.31. The molecule has 0 fully saturated rings. The van der Waals surface area contributed by atoms with Gasteiger partial charge in [0.2, 0.25) is 0 Å². The van der Waals surface area contributed by atoms with Gasteiger partial charge in [-0.1, -0.05) is 13.3 Å². The molecule has 126 valence electrons. The van der Waals surface area contributed by atoms with Gasteiger partial charge in [-0.05, 0) is 19.4 Å². The number of nitro benzene ring substituents is 1. The second-order valence-corrected chi connectivity index (χ2v) is 5.07. The maximum atomic E-state index is 12.1. The lowest BCUT2D eigenvalue weighted by Crippen LogP contribution is -2.35. The van der Waals surface area contributed by atoms with Crippen LogP contribution in [0.25, 0.3) is 0 Å². The molecule has 0 saturated heterocycles. The molecule has 23 heavy (non-hydrogen) atoms. The van der Waals surface area contributed by atoms with Crippen molar-refractivity contribution in [3.63, 3.8) is 0 Å². The van der Waals surface area contributed by atoms with Gasteiger partial charge >= 0.3 is 5.97 Å². The number of nitrogens with one attached hydrogen (secondary N) is 2. The van der Waals surface area contributed by atoms with Crippen LogP contribution in [0.5, 0.6) is 0 Å². The van der Waals surface area contributed by atoms with E-state index in [0.717, 1.165) is 18.9 Å². The van der Waals surface area contributed by atoms with E-state index in [2.05, 4.69) is 10.6 Å². The predicted octanol–water partition coefficient (Wildman–Crippen LogP) is 2.10. The third-order valence-corrected chi connectivity index (χ3v) is 3.17. The predicted molar refractivity (Wildman–Crippen MR) is 85.4 cm³/mol. The fraction of sp³-hybridized carbons (Fsp3) is 0.467. The van der Waals surface area contributed by atoms with Crippen molar-refractivity contribution < 1.29 is 19.2 Å². The molecule has 1 atom stereocenters. The minimum Gasteiger partial charge on any atom is -0.452 e. The average Bonchev–Trinajstić information content (AvgIpc) is 2.52. The van der Waals surface area contributed by atoms with Gasteiger partial charge in [-0.3, -0.25) is 14.9 Å². The normalized spacial score (nSPS) is 11.4. The lowest BCUT2D eigenvalue weighted by Gasteiger charge is -2.13. The number of nitro groups is 1.